The van der Waals surface area contributed by atoms with Crippen molar-refractivity contribution in [2.75, 3.05) is 26.3 Å². The average Bonchev–Trinajstić information content (AvgIpc) is 3.11. The van der Waals surface area contributed by atoms with Crippen molar-refractivity contribution < 1.29 is 27.9 Å². The Labute approximate surface area is 152 Å². The largest absolute Gasteiger partial charge is 0.481 e. The predicted octanol–water partition coefficient (Wildman–Crippen LogP) is 0.691. The van der Waals surface area contributed by atoms with Crippen molar-refractivity contribution in [3.05, 3.63) is 29.8 Å². The molecule has 3 rings (SSSR count). The van der Waals surface area contributed by atoms with Gasteiger partial charge in [0.1, 0.15) is 0 Å². The molecule has 0 bridgehead atoms. The zero-order valence-electron chi connectivity index (χ0n) is 14.3. The monoisotopic (exact) mass is 382 g/mol. The quantitative estimate of drug-likeness (QED) is 0.775. The number of nitrogens with one attached hydrogen (secondary N) is 1. The molecule has 8 nitrogen and oxygen atoms in total. The maximum Gasteiger partial charge on any atom is 0.308 e. The molecule has 142 valence electrons. The SMILES string of the molecule is O=C(N[C@H]1CCC[C@H]1C(=O)O)c1cccc(S(=O)(=O)N2CCOCC2)c1. The van der Waals surface area contributed by atoms with E-state index in [0.29, 0.717) is 26.1 Å². The highest BCUT2D eigenvalue weighted by Crippen LogP contribution is 2.26. The van der Waals surface area contributed by atoms with Gasteiger partial charge in [0.15, 0.2) is 0 Å². The number of hydrogen-bond acceptors (Lipinski definition) is 5. The standard InChI is InChI=1S/C17H22N2O6S/c20-16(18-15-6-2-5-14(15)17(21)22)12-3-1-4-13(11-12)26(23,24)19-7-9-25-10-8-19/h1,3-4,11,14-15H,2,5-10H2,(H,18,20)(H,21,22)/t14-,15+/m1/s1. The molecule has 9 heteroatoms. The van der Waals surface area contributed by atoms with Gasteiger partial charge in [0.2, 0.25) is 10.0 Å². The summed E-state index contributed by atoms with van der Waals surface area (Å²) < 4.78 is 31.9. The summed E-state index contributed by atoms with van der Waals surface area (Å²) in [5.41, 5.74) is 0.204. The number of hydrogen-bond donors (Lipinski definition) is 2. The van der Waals surface area contributed by atoms with E-state index in [-0.39, 0.29) is 23.5 Å². The number of benzene rings is 1. The Morgan fingerprint density at radius 1 is 1.19 bits per heavy atom. The van der Waals surface area contributed by atoms with Gasteiger partial charge in [-0.3, -0.25) is 9.59 Å². The molecule has 2 fully saturated rings. The van der Waals surface area contributed by atoms with Gasteiger partial charge in [-0.2, -0.15) is 4.31 Å². The third kappa shape index (κ3) is 3.89. The van der Waals surface area contributed by atoms with Crippen molar-refractivity contribution in [3.63, 3.8) is 0 Å². The summed E-state index contributed by atoms with van der Waals surface area (Å²) in [7, 11) is -3.69. The lowest BCUT2D eigenvalue weighted by Crippen LogP contribution is -2.41. The van der Waals surface area contributed by atoms with Crippen molar-refractivity contribution in [1.29, 1.82) is 0 Å². The predicted molar refractivity (Wildman–Crippen MR) is 92.3 cm³/mol. The van der Waals surface area contributed by atoms with E-state index in [2.05, 4.69) is 5.32 Å². The Hall–Kier alpha value is -1.97. The highest BCUT2D eigenvalue weighted by atomic mass is 32.2. The van der Waals surface area contributed by atoms with Gasteiger partial charge in [-0.1, -0.05) is 12.5 Å². The van der Waals surface area contributed by atoms with E-state index in [1.54, 1.807) is 0 Å². The van der Waals surface area contributed by atoms with E-state index >= 15 is 0 Å². The van der Waals surface area contributed by atoms with Crippen molar-refractivity contribution >= 4 is 21.9 Å². The first-order valence-electron chi connectivity index (χ1n) is 8.61. The first kappa shape index (κ1) is 18.8. The second-order valence-electron chi connectivity index (χ2n) is 6.50. The minimum atomic E-state index is -3.69. The minimum absolute atomic E-state index is 0.0493. The molecule has 1 saturated carbocycles. The highest BCUT2D eigenvalue weighted by Gasteiger charge is 2.34. The van der Waals surface area contributed by atoms with Crippen LogP contribution in [-0.2, 0) is 19.6 Å². The molecule has 1 heterocycles. The van der Waals surface area contributed by atoms with Crippen molar-refractivity contribution in [2.24, 2.45) is 5.92 Å². The summed E-state index contributed by atoms with van der Waals surface area (Å²) in [5.74, 6) is -1.97. The van der Waals surface area contributed by atoms with Crippen LogP contribution in [0.15, 0.2) is 29.2 Å². The summed E-state index contributed by atoms with van der Waals surface area (Å²) in [6.07, 6.45) is 1.88. The van der Waals surface area contributed by atoms with Crippen LogP contribution < -0.4 is 5.32 Å². The highest BCUT2D eigenvalue weighted by molar-refractivity contribution is 7.89. The van der Waals surface area contributed by atoms with Crippen LogP contribution in [0.3, 0.4) is 0 Å². The fraction of sp³-hybridized carbons (Fsp3) is 0.529. The number of carbonyl (C=O) groups is 2. The van der Waals surface area contributed by atoms with Gasteiger partial charge in [-0.05, 0) is 31.0 Å². The number of sulfonamides is 1. The number of rotatable bonds is 5. The van der Waals surface area contributed by atoms with Gasteiger partial charge >= 0.3 is 5.97 Å². The lowest BCUT2D eigenvalue weighted by Gasteiger charge is -2.26. The summed E-state index contributed by atoms with van der Waals surface area (Å²) in [4.78, 5) is 23.8. The van der Waals surface area contributed by atoms with Gasteiger partial charge in [-0.15, -0.1) is 0 Å². The van der Waals surface area contributed by atoms with Crippen LogP contribution in [0.4, 0.5) is 0 Å². The molecular weight excluding hydrogens is 360 g/mol. The smallest absolute Gasteiger partial charge is 0.308 e. The zero-order valence-corrected chi connectivity index (χ0v) is 15.1. The number of carbonyl (C=O) groups excluding carboxylic acids is 1. The fourth-order valence-corrected chi connectivity index (χ4v) is 4.87. The normalized spacial score (nSPS) is 24.3. The van der Waals surface area contributed by atoms with E-state index in [1.807, 2.05) is 0 Å². The lowest BCUT2D eigenvalue weighted by molar-refractivity contribution is -0.142. The molecule has 26 heavy (non-hydrogen) atoms. The number of nitrogens with zero attached hydrogens (tertiary/aromatic N) is 1. The molecule has 1 aromatic rings. The van der Waals surface area contributed by atoms with Crippen LogP contribution in [0.25, 0.3) is 0 Å². The number of carboxylic acid groups (broad SMARTS) is 1. The molecule has 0 unspecified atom stereocenters. The molecular formula is C17H22N2O6S. The summed E-state index contributed by atoms with van der Waals surface area (Å²) in [5, 5.41) is 12.0. The van der Waals surface area contributed by atoms with E-state index < -0.39 is 33.9 Å². The Bertz CT molecular complexity index is 788. The Morgan fingerprint density at radius 2 is 1.92 bits per heavy atom. The van der Waals surface area contributed by atoms with Crippen LogP contribution in [0.5, 0.6) is 0 Å². The third-order valence-electron chi connectivity index (χ3n) is 4.85. The summed E-state index contributed by atoms with van der Waals surface area (Å²) in [6, 6.07) is 5.41. The maximum absolute atomic E-state index is 12.7. The van der Waals surface area contributed by atoms with Crippen LogP contribution in [0, 0.1) is 5.92 Å². The molecule has 1 saturated heterocycles. The lowest BCUT2D eigenvalue weighted by atomic mass is 10.0. The molecule has 1 aliphatic carbocycles. The number of morpholine rings is 1. The second-order valence-corrected chi connectivity index (χ2v) is 8.44. The molecule has 1 aliphatic heterocycles. The van der Waals surface area contributed by atoms with Crippen LogP contribution in [0.2, 0.25) is 0 Å². The molecule has 0 radical (unpaired) electrons. The van der Waals surface area contributed by atoms with E-state index in [4.69, 9.17) is 4.74 Å². The first-order chi connectivity index (χ1) is 12.4. The van der Waals surface area contributed by atoms with Crippen LogP contribution in [-0.4, -0.2) is 62.1 Å². The molecule has 1 aromatic carbocycles. The number of aliphatic carboxylic acids is 1. The average molecular weight is 382 g/mol. The zero-order chi connectivity index (χ0) is 18.7. The molecule has 2 N–H and O–H groups in total. The first-order valence-corrected chi connectivity index (χ1v) is 10.1. The maximum atomic E-state index is 12.7. The minimum Gasteiger partial charge on any atom is -0.481 e. The molecule has 2 atom stereocenters. The Morgan fingerprint density at radius 3 is 2.62 bits per heavy atom. The van der Waals surface area contributed by atoms with Gasteiger partial charge in [-0.25, -0.2) is 8.42 Å². The summed E-state index contributed by atoms with van der Waals surface area (Å²) in [6.45, 7) is 1.25. The van der Waals surface area contributed by atoms with E-state index in [1.165, 1.54) is 28.6 Å². The van der Waals surface area contributed by atoms with Crippen molar-refractivity contribution in [2.45, 2.75) is 30.2 Å². The van der Waals surface area contributed by atoms with Crippen LogP contribution >= 0.6 is 0 Å². The summed E-state index contributed by atoms with van der Waals surface area (Å²) >= 11 is 0. The van der Waals surface area contributed by atoms with Crippen LogP contribution in [0.1, 0.15) is 29.6 Å². The molecule has 0 spiro atoms. The Balaban J connectivity index is 1.76. The van der Waals surface area contributed by atoms with Gasteiger partial charge in [0.05, 0.1) is 24.0 Å². The van der Waals surface area contributed by atoms with Gasteiger partial charge in [0.25, 0.3) is 5.91 Å². The van der Waals surface area contributed by atoms with E-state index in [9.17, 15) is 23.1 Å². The second kappa shape index (κ2) is 7.73. The van der Waals surface area contributed by atoms with Crippen molar-refractivity contribution in [1.82, 2.24) is 9.62 Å². The van der Waals surface area contributed by atoms with Gasteiger partial charge < -0.3 is 15.2 Å². The molecule has 2 aliphatic rings. The fourth-order valence-electron chi connectivity index (χ4n) is 3.41. The molecule has 0 aromatic heterocycles. The number of carboxylic acids is 1. The number of ether oxygens (including phenoxy) is 1. The third-order valence-corrected chi connectivity index (χ3v) is 6.75. The Kier molecular flexibility index (Phi) is 5.59. The van der Waals surface area contributed by atoms with Crippen molar-refractivity contribution in [3.8, 4) is 0 Å². The topological polar surface area (TPSA) is 113 Å². The van der Waals surface area contributed by atoms with Gasteiger partial charge in [0, 0.05) is 24.7 Å². The van der Waals surface area contributed by atoms with E-state index in [0.717, 1.165) is 6.42 Å². The number of amides is 1. The molecule has 1 amide bonds.